The van der Waals surface area contributed by atoms with Crippen LogP contribution in [0.25, 0.3) is 28.0 Å². The first-order valence-electron chi connectivity index (χ1n) is 12.1. The van der Waals surface area contributed by atoms with Gasteiger partial charge in [-0.1, -0.05) is 50.2 Å². The number of carbonyl (C=O) groups excluding carboxylic acids is 2. The summed E-state index contributed by atoms with van der Waals surface area (Å²) in [6.45, 7) is 7.57. The minimum atomic E-state index is -0.694. The van der Waals surface area contributed by atoms with Gasteiger partial charge in [0.1, 0.15) is 18.1 Å². The van der Waals surface area contributed by atoms with Crippen molar-refractivity contribution in [2.45, 2.75) is 13.8 Å². The molecule has 0 fully saturated rings. The monoisotopic (exact) mass is 498 g/mol. The molecular weight excluding hydrogens is 472 g/mol. The van der Waals surface area contributed by atoms with E-state index in [-0.39, 0.29) is 11.5 Å². The van der Waals surface area contributed by atoms with E-state index < -0.39 is 11.9 Å². The first-order chi connectivity index (χ1) is 18.1. The zero-order valence-electron chi connectivity index (χ0n) is 20.6. The summed E-state index contributed by atoms with van der Waals surface area (Å²) in [5.74, 6) is -0.556. The first-order valence-corrected chi connectivity index (χ1v) is 12.1. The lowest BCUT2D eigenvalue weighted by atomic mass is 10.1. The van der Waals surface area contributed by atoms with Crippen molar-refractivity contribution >= 4 is 23.0 Å². The number of likely N-dealkylation sites (N-methyl/N-ethyl adjacent to an activating group) is 1. The zero-order valence-corrected chi connectivity index (χ0v) is 20.6. The summed E-state index contributed by atoms with van der Waals surface area (Å²) in [6, 6.07) is 17.0. The smallest absolute Gasteiger partial charge is 0.336 e. The minimum Gasteiger partial charge on any atom is -0.492 e. The molecule has 0 bridgehead atoms. The fraction of sp³-hybridized carbons (Fsp3) is 0.214. The highest BCUT2D eigenvalue weighted by atomic mass is 16.6. The second-order valence-electron chi connectivity index (χ2n) is 8.32. The molecule has 188 valence electrons. The van der Waals surface area contributed by atoms with E-state index in [1.165, 1.54) is 6.20 Å². The highest BCUT2D eigenvalue weighted by molar-refractivity contribution is 6.03. The van der Waals surface area contributed by atoms with Crippen molar-refractivity contribution in [3.8, 4) is 34.2 Å². The van der Waals surface area contributed by atoms with Gasteiger partial charge in [0.05, 0.1) is 17.3 Å². The van der Waals surface area contributed by atoms with E-state index in [1.807, 2.05) is 54.6 Å². The Morgan fingerprint density at radius 3 is 2.46 bits per heavy atom. The van der Waals surface area contributed by atoms with Gasteiger partial charge in [0.2, 0.25) is 0 Å². The van der Waals surface area contributed by atoms with Gasteiger partial charge in [-0.25, -0.2) is 19.3 Å². The Balaban J connectivity index is 1.61. The minimum absolute atomic E-state index is 0.0421. The molecule has 1 aliphatic rings. The summed E-state index contributed by atoms with van der Waals surface area (Å²) < 4.78 is 18.7. The number of nitrogens with zero attached hydrogens (tertiary/aromatic N) is 4. The maximum atomic E-state index is 12.4. The van der Waals surface area contributed by atoms with Crippen molar-refractivity contribution < 1.29 is 23.8 Å². The number of rotatable bonds is 8. The van der Waals surface area contributed by atoms with Crippen LogP contribution in [0, 0.1) is 0 Å². The Morgan fingerprint density at radius 2 is 1.70 bits per heavy atom. The summed E-state index contributed by atoms with van der Waals surface area (Å²) in [5.41, 5.74) is 2.47. The number of esters is 2. The maximum absolute atomic E-state index is 12.4. The number of fused-ring (bicyclic) bond motifs is 3. The standard InChI is InChI=1S/C28H26N4O5/c1-3-31(4-2)15-16-35-21-12-8-11-20(17-21)32-28-25(26(30-32)19-9-6-5-7-10-19)27-22(18-29-28)36-23(33)13-14-24(34)37-27/h5-14,17-18H,3-4,15-16H2,1-2H3/b14-13-. The van der Waals surface area contributed by atoms with E-state index in [0.717, 1.165) is 37.3 Å². The van der Waals surface area contributed by atoms with Crippen LogP contribution in [0.3, 0.4) is 0 Å². The molecule has 3 heterocycles. The molecule has 0 saturated heterocycles. The van der Waals surface area contributed by atoms with E-state index in [1.54, 1.807) is 4.68 Å². The third-order valence-corrected chi connectivity index (χ3v) is 6.06. The number of ether oxygens (including phenoxy) is 3. The van der Waals surface area contributed by atoms with Crippen LogP contribution in [0.15, 0.2) is 72.9 Å². The number of pyridine rings is 1. The fourth-order valence-corrected chi connectivity index (χ4v) is 4.14. The van der Waals surface area contributed by atoms with Crippen molar-refractivity contribution in [2.75, 3.05) is 26.2 Å². The molecule has 9 nitrogen and oxygen atoms in total. The largest absolute Gasteiger partial charge is 0.492 e. The average Bonchev–Trinajstić information content (AvgIpc) is 3.31. The van der Waals surface area contributed by atoms with Crippen LogP contribution in [0.2, 0.25) is 0 Å². The molecule has 0 saturated carbocycles. The van der Waals surface area contributed by atoms with Gasteiger partial charge in [0, 0.05) is 30.3 Å². The predicted octanol–water partition coefficient (Wildman–Crippen LogP) is 4.19. The van der Waals surface area contributed by atoms with Gasteiger partial charge < -0.3 is 19.1 Å². The molecule has 0 amide bonds. The van der Waals surface area contributed by atoms with Gasteiger partial charge in [-0.15, -0.1) is 0 Å². The van der Waals surface area contributed by atoms with Crippen molar-refractivity contribution in [1.29, 1.82) is 0 Å². The van der Waals surface area contributed by atoms with Crippen molar-refractivity contribution in [2.24, 2.45) is 0 Å². The second-order valence-corrected chi connectivity index (χ2v) is 8.32. The molecule has 37 heavy (non-hydrogen) atoms. The van der Waals surface area contributed by atoms with Crippen molar-refractivity contribution in [1.82, 2.24) is 19.7 Å². The summed E-state index contributed by atoms with van der Waals surface area (Å²) >= 11 is 0. The Hall–Kier alpha value is -4.50. The molecule has 0 radical (unpaired) electrons. The van der Waals surface area contributed by atoms with Gasteiger partial charge in [-0.2, -0.15) is 5.10 Å². The normalized spacial score (nSPS) is 14.0. The summed E-state index contributed by atoms with van der Waals surface area (Å²) in [6.07, 6.45) is 3.41. The van der Waals surface area contributed by atoms with Crippen LogP contribution >= 0.6 is 0 Å². The average molecular weight is 499 g/mol. The molecule has 0 spiro atoms. The van der Waals surface area contributed by atoms with E-state index in [2.05, 4.69) is 23.7 Å². The Bertz CT molecular complexity index is 1470. The second kappa shape index (κ2) is 10.6. The van der Waals surface area contributed by atoms with E-state index in [0.29, 0.717) is 34.8 Å². The Morgan fingerprint density at radius 1 is 0.946 bits per heavy atom. The number of benzene rings is 2. The molecule has 2 aromatic carbocycles. The van der Waals surface area contributed by atoms with Gasteiger partial charge in [-0.3, -0.25) is 0 Å². The fourth-order valence-electron chi connectivity index (χ4n) is 4.14. The van der Waals surface area contributed by atoms with E-state index in [4.69, 9.17) is 19.3 Å². The number of hydrogen-bond acceptors (Lipinski definition) is 8. The van der Waals surface area contributed by atoms with Crippen LogP contribution in [0.5, 0.6) is 17.2 Å². The Labute approximate surface area is 213 Å². The molecule has 4 aromatic rings. The summed E-state index contributed by atoms with van der Waals surface area (Å²) in [7, 11) is 0. The zero-order chi connectivity index (χ0) is 25.8. The maximum Gasteiger partial charge on any atom is 0.336 e. The molecule has 1 aliphatic heterocycles. The summed E-state index contributed by atoms with van der Waals surface area (Å²) in [4.78, 5) is 31.3. The number of hydrogen-bond donors (Lipinski definition) is 0. The van der Waals surface area contributed by atoms with Gasteiger partial charge >= 0.3 is 11.9 Å². The molecule has 5 rings (SSSR count). The van der Waals surface area contributed by atoms with Crippen LogP contribution in [0.4, 0.5) is 0 Å². The topological polar surface area (TPSA) is 95.8 Å². The highest BCUT2D eigenvalue weighted by Crippen LogP contribution is 2.41. The van der Waals surface area contributed by atoms with E-state index >= 15 is 0 Å². The first kappa shape index (κ1) is 24.2. The Kier molecular flexibility index (Phi) is 6.96. The lowest BCUT2D eigenvalue weighted by Crippen LogP contribution is -2.27. The third-order valence-electron chi connectivity index (χ3n) is 6.06. The lowest BCUT2D eigenvalue weighted by molar-refractivity contribution is -0.133. The van der Waals surface area contributed by atoms with Gasteiger partial charge in [-0.05, 0) is 25.2 Å². The third kappa shape index (κ3) is 5.07. The highest BCUT2D eigenvalue weighted by Gasteiger charge is 2.26. The van der Waals surface area contributed by atoms with Crippen molar-refractivity contribution in [3.05, 3.63) is 72.9 Å². The number of aromatic nitrogens is 3. The molecular formula is C28H26N4O5. The molecule has 0 atom stereocenters. The molecule has 2 aromatic heterocycles. The molecule has 0 unspecified atom stereocenters. The molecule has 0 aliphatic carbocycles. The predicted molar refractivity (Wildman–Crippen MR) is 138 cm³/mol. The van der Waals surface area contributed by atoms with Crippen LogP contribution < -0.4 is 14.2 Å². The molecule has 9 heteroatoms. The van der Waals surface area contributed by atoms with Gasteiger partial charge in [0.15, 0.2) is 17.1 Å². The van der Waals surface area contributed by atoms with Gasteiger partial charge in [0.25, 0.3) is 0 Å². The molecule has 0 N–H and O–H groups in total. The lowest BCUT2D eigenvalue weighted by Gasteiger charge is -2.18. The van der Waals surface area contributed by atoms with Crippen LogP contribution in [-0.2, 0) is 9.59 Å². The van der Waals surface area contributed by atoms with Crippen LogP contribution in [0.1, 0.15) is 13.8 Å². The van der Waals surface area contributed by atoms with Crippen LogP contribution in [-0.4, -0.2) is 57.8 Å². The SMILES string of the molecule is CCN(CC)CCOc1cccc(-n2nc(-c3ccccc3)c3c4c(cnc32)OC(=O)/C=C\C(=O)O4)c1. The van der Waals surface area contributed by atoms with E-state index in [9.17, 15) is 9.59 Å². The summed E-state index contributed by atoms with van der Waals surface area (Å²) in [5, 5.41) is 5.30. The number of carbonyl (C=O) groups is 2. The van der Waals surface area contributed by atoms with Crippen molar-refractivity contribution in [3.63, 3.8) is 0 Å². The quantitative estimate of drug-likeness (QED) is 0.334.